The summed E-state index contributed by atoms with van der Waals surface area (Å²) in [6, 6.07) is 9.55. The molecule has 0 radical (unpaired) electrons. The molecule has 2 aliphatic rings. The minimum absolute atomic E-state index is 0.0352. The highest BCUT2D eigenvalue weighted by Gasteiger charge is 2.28. The standard InChI is InChI=1S/C22H30N4O3S2/c27-21(24-18-9-14-25(15-10-18)17-19-6-2-3-11-23-19)16-20-7-8-22(30-20)31(28,29)26-12-4-1-5-13-26/h2-3,6-8,11,18H,1,4-5,9-10,12-17H2,(H,24,27). The normalized spacial score (nSPS) is 19.4. The lowest BCUT2D eigenvalue weighted by molar-refractivity contribution is -0.121. The van der Waals surface area contributed by atoms with Crippen LogP contribution in [-0.4, -0.2) is 60.7 Å². The zero-order valence-electron chi connectivity index (χ0n) is 17.7. The summed E-state index contributed by atoms with van der Waals surface area (Å²) < 4.78 is 27.5. The van der Waals surface area contributed by atoms with Crippen LogP contribution in [0.1, 0.15) is 42.7 Å². The molecule has 2 saturated heterocycles. The van der Waals surface area contributed by atoms with E-state index in [1.54, 1.807) is 16.4 Å². The zero-order valence-corrected chi connectivity index (χ0v) is 19.3. The molecule has 0 aliphatic carbocycles. The van der Waals surface area contributed by atoms with E-state index in [1.165, 1.54) is 11.3 Å². The maximum Gasteiger partial charge on any atom is 0.252 e. The van der Waals surface area contributed by atoms with E-state index in [0.29, 0.717) is 17.3 Å². The van der Waals surface area contributed by atoms with Crippen LogP contribution < -0.4 is 5.32 Å². The Morgan fingerprint density at radius 1 is 1.06 bits per heavy atom. The highest BCUT2D eigenvalue weighted by molar-refractivity contribution is 7.91. The van der Waals surface area contributed by atoms with E-state index in [4.69, 9.17) is 0 Å². The first kappa shape index (κ1) is 22.4. The average Bonchev–Trinajstić information content (AvgIpc) is 3.26. The van der Waals surface area contributed by atoms with Gasteiger partial charge in [-0.15, -0.1) is 11.3 Å². The van der Waals surface area contributed by atoms with Crippen LogP contribution in [0.15, 0.2) is 40.7 Å². The van der Waals surface area contributed by atoms with Gasteiger partial charge >= 0.3 is 0 Å². The van der Waals surface area contributed by atoms with E-state index >= 15 is 0 Å². The number of carbonyl (C=O) groups excluding carboxylic acids is 1. The highest BCUT2D eigenvalue weighted by Crippen LogP contribution is 2.27. The van der Waals surface area contributed by atoms with E-state index in [2.05, 4.69) is 15.2 Å². The fourth-order valence-electron chi connectivity index (χ4n) is 4.22. The second-order valence-corrected chi connectivity index (χ2v) is 11.6. The molecule has 31 heavy (non-hydrogen) atoms. The molecule has 0 bridgehead atoms. The predicted octanol–water partition coefficient (Wildman–Crippen LogP) is 2.64. The van der Waals surface area contributed by atoms with Crippen molar-refractivity contribution in [2.45, 2.75) is 55.3 Å². The summed E-state index contributed by atoms with van der Waals surface area (Å²) in [6.07, 6.45) is 6.80. The molecule has 0 aromatic carbocycles. The average molecular weight is 463 g/mol. The van der Waals surface area contributed by atoms with E-state index in [0.717, 1.165) is 62.3 Å². The molecule has 7 nitrogen and oxygen atoms in total. The lowest BCUT2D eigenvalue weighted by atomic mass is 10.0. The second-order valence-electron chi connectivity index (χ2n) is 8.30. The van der Waals surface area contributed by atoms with Crippen LogP contribution in [0, 0.1) is 0 Å². The van der Waals surface area contributed by atoms with Gasteiger partial charge in [-0.2, -0.15) is 4.31 Å². The third-order valence-corrected chi connectivity index (χ3v) is 9.40. The van der Waals surface area contributed by atoms with Crippen LogP contribution in [0.5, 0.6) is 0 Å². The monoisotopic (exact) mass is 462 g/mol. The molecule has 2 aliphatic heterocycles. The van der Waals surface area contributed by atoms with Gasteiger partial charge in [0.15, 0.2) is 0 Å². The van der Waals surface area contributed by atoms with Gasteiger partial charge in [0.25, 0.3) is 10.0 Å². The van der Waals surface area contributed by atoms with Crippen molar-refractivity contribution in [1.29, 1.82) is 0 Å². The van der Waals surface area contributed by atoms with Gasteiger partial charge in [0.1, 0.15) is 4.21 Å². The quantitative estimate of drug-likeness (QED) is 0.684. The number of nitrogens with zero attached hydrogens (tertiary/aromatic N) is 3. The number of sulfonamides is 1. The predicted molar refractivity (Wildman–Crippen MR) is 121 cm³/mol. The van der Waals surface area contributed by atoms with Gasteiger partial charge in [0.2, 0.25) is 5.91 Å². The third kappa shape index (κ3) is 5.91. The van der Waals surface area contributed by atoms with Crippen molar-refractivity contribution in [2.24, 2.45) is 0 Å². The molecule has 168 valence electrons. The smallest absolute Gasteiger partial charge is 0.252 e. The van der Waals surface area contributed by atoms with Crippen molar-refractivity contribution >= 4 is 27.3 Å². The molecule has 2 fully saturated rings. The summed E-state index contributed by atoms with van der Waals surface area (Å²) in [4.78, 5) is 20.1. The van der Waals surface area contributed by atoms with E-state index in [9.17, 15) is 13.2 Å². The highest BCUT2D eigenvalue weighted by atomic mass is 32.2. The lowest BCUT2D eigenvalue weighted by Gasteiger charge is -2.32. The molecule has 0 spiro atoms. The fraction of sp³-hybridized carbons (Fsp3) is 0.545. The number of amides is 1. The number of rotatable bonds is 7. The Kier molecular flexibility index (Phi) is 7.37. The summed E-state index contributed by atoms with van der Waals surface area (Å²) in [5.74, 6) is -0.0352. The first-order valence-corrected chi connectivity index (χ1v) is 13.3. The Labute approximate surface area is 188 Å². The molecular formula is C22H30N4O3S2. The molecule has 0 unspecified atom stereocenters. The number of nitrogens with one attached hydrogen (secondary N) is 1. The van der Waals surface area contributed by atoms with E-state index in [-0.39, 0.29) is 18.4 Å². The summed E-state index contributed by atoms with van der Waals surface area (Å²) in [6.45, 7) is 3.88. The Hall–Kier alpha value is -1.81. The molecule has 2 aromatic rings. The van der Waals surface area contributed by atoms with E-state index < -0.39 is 10.0 Å². The molecule has 1 N–H and O–H groups in total. The summed E-state index contributed by atoms with van der Waals surface area (Å²) in [5, 5.41) is 3.13. The number of likely N-dealkylation sites (tertiary alicyclic amines) is 1. The number of hydrogen-bond acceptors (Lipinski definition) is 6. The van der Waals surface area contributed by atoms with Crippen LogP contribution in [0.25, 0.3) is 0 Å². The largest absolute Gasteiger partial charge is 0.353 e. The Bertz CT molecular complexity index is 964. The fourth-order valence-corrected chi connectivity index (χ4v) is 7.24. The maximum atomic E-state index is 12.8. The van der Waals surface area contributed by atoms with Crippen molar-refractivity contribution < 1.29 is 13.2 Å². The number of aromatic nitrogens is 1. The van der Waals surface area contributed by atoms with Gasteiger partial charge in [0, 0.05) is 49.8 Å². The van der Waals surface area contributed by atoms with Crippen LogP contribution in [-0.2, 0) is 27.8 Å². The van der Waals surface area contributed by atoms with Gasteiger partial charge < -0.3 is 5.32 Å². The zero-order chi connectivity index (χ0) is 21.7. The number of hydrogen-bond donors (Lipinski definition) is 1. The topological polar surface area (TPSA) is 82.6 Å². The Morgan fingerprint density at radius 2 is 1.84 bits per heavy atom. The molecule has 1 amide bonds. The molecule has 4 heterocycles. The Balaban J connectivity index is 1.24. The van der Waals surface area contributed by atoms with Gasteiger partial charge in [0.05, 0.1) is 12.1 Å². The number of carbonyl (C=O) groups is 1. The second kappa shape index (κ2) is 10.2. The summed E-state index contributed by atoms with van der Waals surface area (Å²) in [7, 11) is -3.43. The number of thiophene rings is 1. The maximum absolute atomic E-state index is 12.8. The van der Waals surface area contributed by atoms with Crippen LogP contribution >= 0.6 is 11.3 Å². The number of piperidine rings is 2. The minimum atomic E-state index is -3.43. The lowest BCUT2D eigenvalue weighted by Crippen LogP contribution is -2.44. The van der Waals surface area contributed by atoms with Crippen molar-refractivity contribution in [3.8, 4) is 0 Å². The summed E-state index contributed by atoms with van der Waals surface area (Å²) >= 11 is 1.22. The van der Waals surface area contributed by atoms with Crippen molar-refractivity contribution in [3.63, 3.8) is 0 Å². The molecular weight excluding hydrogens is 432 g/mol. The molecule has 4 rings (SSSR count). The summed E-state index contributed by atoms with van der Waals surface area (Å²) in [5.41, 5.74) is 1.07. The third-order valence-electron chi connectivity index (χ3n) is 5.95. The van der Waals surface area contributed by atoms with Crippen molar-refractivity contribution in [1.82, 2.24) is 19.5 Å². The van der Waals surface area contributed by atoms with E-state index in [1.807, 2.05) is 24.4 Å². The molecule has 2 aromatic heterocycles. The minimum Gasteiger partial charge on any atom is -0.353 e. The van der Waals surface area contributed by atoms with Crippen molar-refractivity contribution in [2.75, 3.05) is 26.2 Å². The van der Waals surface area contributed by atoms with Gasteiger partial charge in [-0.05, 0) is 49.9 Å². The van der Waals surface area contributed by atoms with Crippen LogP contribution in [0.3, 0.4) is 0 Å². The van der Waals surface area contributed by atoms with Gasteiger partial charge in [-0.3, -0.25) is 14.7 Å². The first-order chi connectivity index (χ1) is 15.0. The van der Waals surface area contributed by atoms with Crippen LogP contribution in [0.4, 0.5) is 0 Å². The van der Waals surface area contributed by atoms with Crippen LogP contribution in [0.2, 0.25) is 0 Å². The molecule has 9 heteroatoms. The molecule has 0 atom stereocenters. The van der Waals surface area contributed by atoms with Gasteiger partial charge in [-0.1, -0.05) is 12.5 Å². The first-order valence-electron chi connectivity index (χ1n) is 11.0. The Morgan fingerprint density at radius 3 is 2.55 bits per heavy atom. The van der Waals surface area contributed by atoms with Crippen molar-refractivity contribution in [3.05, 3.63) is 47.1 Å². The molecule has 0 saturated carbocycles. The van der Waals surface area contributed by atoms with Gasteiger partial charge in [-0.25, -0.2) is 8.42 Å². The SMILES string of the molecule is O=C(Cc1ccc(S(=O)(=O)N2CCCCC2)s1)NC1CCN(Cc2ccccn2)CC1. The number of pyridine rings is 1.